The van der Waals surface area contributed by atoms with Gasteiger partial charge in [-0.25, -0.2) is 19.5 Å². The first-order valence-electron chi connectivity index (χ1n) is 14.7. The van der Waals surface area contributed by atoms with Crippen molar-refractivity contribution in [3.05, 3.63) is 69.0 Å². The zero-order chi connectivity index (χ0) is 33.6. The molecule has 3 fully saturated rings. The van der Waals surface area contributed by atoms with Crippen molar-refractivity contribution < 1.29 is 41.7 Å². The van der Waals surface area contributed by atoms with E-state index in [1.165, 1.54) is 26.0 Å². The van der Waals surface area contributed by atoms with E-state index < -0.39 is 57.2 Å². The molecular weight excluding hydrogens is 616 g/mol. The number of alkyl halides is 3. The third kappa shape index (κ3) is 6.12. The van der Waals surface area contributed by atoms with Gasteiger partial charge in [-0.15, -0.1) is 0 Å². The second-order valence-electron chi connectivity index (χ2n) is 12.2. The van der Waals surface area contributed by atoms with Gasteiger partial charge in [-0.3, -0.25) is 29.9 Å². The monoisotopic (exact) mass is 648 g/mol. The van der Waals surface area contributed by atoms with E-state index >= 15 is 0 Å². The molecule has 5 amide bonds. The first-order valence-corrected chi connectivity index (χ1v) is 14.7. The van der Waals surface area contributed by atoms with Crippen LogP contribution in [0.4, 0.5) is 33.7 Å². The summed E-state index contributed by atoms with van der Waals surface area (Å²) in [5, 5.41) is 13.7. The number of nitrogens with one attached hydrogen (secondary N) is 3. The van der Waals surface area contributed by atoms with E-state index in [1.807, 2.05) is 0 Å². The molecule has 3 unspecified atom stereocenters. The van der Waals surface area contributed by atoms with Crippen LogP contribution in [-0.4, -0.2) is 58.2 Å². The number of amides is 5. The molecule has 2 aliphatic heterocycles. The molecule has 5 rings (SSSR count). The van der Waals surface area contributed by atoms with E-state index in [0.29, 0.717) is 29.0 Å². The van der Waals surface area contributed by atoms with Gasteiger partial charge in [-0.1, -0.05) is 18.9 Å². The number of halogens is 4. The molecule has 2 aromatic rings. The van der Waals surface area contributed by atoms with E-state index in [0.717, 1.165) is 36.6 Å². The van der Waals surface area contributed by atoms with Crippen LogP contribution in [0.15, 0.2) is 36.4 Å². The Balaban J connectivity index is 1.26. The molecule has 0 spiro atoms. The van der Waals surface area contributed by atoms with Gasteiger partial charge in [0.2, 0.25) is 5.91 Å². The number of carbonyl (C=O) groups excluding carboxylic acids is 4. The highest BCUT2D eigenvalue weighted by Crippen LogP contribution is 2.40. The maximum atomic E-state index is 14.7. The number of nitro groups is 1. The largest absolute Gasteiger partial charge is 0.423 e. The summed E-state index contributed by atoms with van der Waals surface area (Å²) in [5.41, 5.74) is 1.29. The molecule has 2 saturated heterocycles. The highest BCUT2D eigenvalue weighted by Gasteiger charge is 2.52. The molecule has 0 aromatic heterocycles. The van der Waals surface area contributed by atoms with Gasteiger partial charge in [0.1, 0.15) is 16.9 Å². The van der Waals surface area contributed by atoms with Gasteiger partial charge in [-0.05, 0) is 68.9 Å². The standard InChI is InChI=1S/C30H32F4N6O6/c1-29(2)27(43)39(17-8-10-24(40(45)46)21(15-17)30(32,33)34)28(44)38(29)12-11-35-25(41)20-13-16(7-9-22(20)31)14-23-18-5-3-4-6-19(18)26(42)37-36-23/h7-10,13,15,18-19,23,36H,3-6,11-12,14H2,1-2H3,(H,35,41)(H,37,42). The van der Waals surface area contributed by atoms with Crippen molar-refractivity contribution in [2.75, 3.05) is 18.0 Å². The van der Waals surface area contributed by atoms with Gasteiger partial charge < -0.3 is 10.2 Å². The molecular formula is C30H32F4N6O6. The summed E-state index contributed by atoms with van der Waals surface area (Å²) in [6.07, 6.45) is -1.03. The van der Waals surface area contributed by atoms with Crippen LogP contribution in [0.25, 0.3) is 0 Å². The van der Waals surface area contributed by atoms with E-state index in [9.17, 15) is 46.9 Å². The SMILES string of the molecule is CC1(C)C(=O)N(c2ccc([N+](=O)[O-])c(C(F)(F)F)c2)C(=O)N1CCNC(=O)c1cc(CC2NNC(=O)C3CCCCC23)ccc1F. The van der Waals surface area contributed by atoms with Gasteiger partial charge in [0.25, 0.3) is 17.5 Å². The fraction of sp³-hybridized carbons (Fsp3) is 0.467. The van der Waals surface area contributed by atoms with Gasteiger partial charge in [0.05, 0.1) is 16.2 Å². The maximum absolute atomic E-state index is 14.7. The van der Waals surface area contributed by atoms with Crippen molar-refractivity contribution in [1.82, 2.24) is 21.1 Å². The third-order valence-corrected chi connectivity index (χ3v) is 8.97. The molecule has 2 heterocycles. The average molecular weight is 649 g/mol. The predicted molar refractivity (Wildman–Crippen MR) is 155 cm³/mol. The Morgan fingerprint density at radius 2 is 1.83 bits per heavy atom. The Morgan fingerprint density at radius 1 is 1.11 bits per heavy atom. The lowest BCUT2D eigenvalue weighted by Crippen LogP contribution is -2.60. The number of nitrogens with zero attached hydrogens (tertiary/aromatic N) is 3. The van der Waals surface area contributed by atoms with E-state index in [4.69, 9.17) is 0 Å². The number of carbonyl (C=O) groups is 4. The minimum Gasteiger partial charge on any atom is -0.350 e. The third-order valence-electron chi connectivity index (χ3n) is 8.97. The predicted octanol–water partition coefficient (Wildman–Crippen LogP) is 4.08. The quantitative estimate of drug-likeness (QED) is 0.169. The van der Waals surface area contributed by atoms with Crippen LogP contribution in [0.3, 0.4) is 0 Å². The molecule has 12 nitrogen and oxygen atoms in total. The number of anilines is 1. The van der Waals surface area contributed by atoms with Crippen molar-refractivity contribution in [3.8, 4) is 0 Å². The van der Waals surface area contributed by atoms with Crippen molar-refractivity contribution in [2.24, 2.45) is 11.8 Å². The molecule has 0 radical (unpaired) electrons. The summed E-state index contributed by atoms with van der Waals surface area (Å²) < 4.78 is 55.4. The van der Waals surface area contributed by atoms with Crippen LogP contribution in [0.1, 0.15) is 61.0 Å². The Kier molecular flexibility index (Phi) is 8.77. The number of hydrazine groups is 1. The number of imide groups is 1. The van der Waals surface area contributed by atoms with E-state index in [1.54, 1.807) is 6.07 Å². The highest BCUT2D eigenvalue weighted by atomic mass is 19.4. The fourth-order valence-electron chi connectivity index (χ4n) is 6.52. The Hall–Kier alpha value is -4.60. The molecule has 3 N–H and O–H groups in total. The normalized spacial score (nSPS) is 22.8. The number of hydrogen-bond donors (Lipinski definition) is 3. The lowest BCUT2D eigenvalue weighted by atomic mass is 9.72. The number of hydrogen-bond acceptors (Lipinski definition) is 7. The second-order valence-corrected chi connectivity index (χ2v) is 12.2. The minimum atomic E-state index is -5.13. The molecule has 0 bridgehead atoms. The number of fused-ring (bicyclic) bond motifs is 1. The fourth-order valence-corrected chi connectivity index (χ4v) is 6.52. The van der Waals surface area contributed by atoms with Crippen molar-refractivity contribution in [1.29, 1.82) is 0 Å². The summed E-state index contributed by atoms with van der Waals surface area (Å²) in [4.78, 5) is 63.2. The van der Waals surface area contributed by atoms with Crippen molar-refractivity contribution in [2.45, 2.75) is 63.7 Å². The smallest absolute Gasteiger partial charge is 0.350 e. The lowest BCUT2D eigenvalue weighted by molar-refractivity contribution is -0.388. The second kappa shape index (κ2) is 12.3. The van der Waals surface area contributed by atoms with Gasteiger partial charge in [0, 0.05) is 31.1 Å². The molecule has 3 atom stereocenters. The van der Waals surface area contributed by atoms with Gasteiger partial charge in [0.15, 0.2) is 0 Å². The Labute approximate surface area is 260 Å². The van der Waals surface area contributed by atoms with Gasteiger partial charge >= 0.3 is 12.2 Å². The molecule has 46 heavy (non-hydrogen) atoms. The molecule has 1 saturated carbocycles. The number of nitro benzene ring substituents is 1. The maximum Gasteiger partial charge on any atom is 0.423 e. The Bertz CT molecular complexity index is 1600. The Morgan fingerprint density at radius 3 is 2.52 bits per heavy atom. The van der Waals surface area contributed by atoms with Gasteiger partial charge in [-0.2, -0.15) is 13.2 Å². The van der Waals surface area contributed by atoms with Crippen LogP contribution in [0, 0.1) is 27.8 Å². The van der Waals surface area contributed by atoms with Crippen LogP contribution in [0.2, 0.25) is 0 Å². The topological polar surface area (TPSA) is 154 Å². The summed E-state index contributed by atoms with van der Waals surface area (Å²) in [7, 11) is 0. The molecule has 3 aliphatic rings. The first-order chi connectivity index (χ1) is 21.6. The average Bonchev–Trinajstić information content (AvgIpc) is 3.17. The molecule has 16 heteroatoms. The highest BCUT2D eigenvalue weighted by molar-refractivity contribution is 6.23. The lowest BCUT2D eigenvalue weighted by Gasteiger charge is -2.41. The van der Waals surface area contributed by atoms with E-state index in [2.05, 4.69) is 16.2 Å². The summed E-state index contributed by atoms with van der Waals surface area (Å²) >= 11 is 0. The number of urea groups is 1. The molecule has 2 aromatic carbocycles. The van der Waals surface area contributed by atoms with Crippen LogP contribution >= 0.6 is 0 Å². The first kappa shape index (κ1) is 32.8. The zero-order valence-corrected chi connectivity index (χ0v) is 24.9. The minimum absolute atomic E-state index is 0.0385. The molecule has 1 aliphatic carbocycles. The van der Waals surface area contributed by atoms with Crippen LogP contribution in [-0.2, 0) is 22.2 Å². The van der Waals surface area contributed by atoms with E-state index in [-0.39, 0.29) is 42.4 Å². The van der Waals surface area contributed by atoms with Crippen LogP contribution < -0.4 is 21.1 Å². The summed E-state index contributed by atoms with van der Waals surface area (Å²) in [6.45, 7) is 2.25. The van der Waals surface area contributed by atoms with Crippen molar-refractivity contribution >= 4 is 35.1 Å². The zero-order valence-electron chi connectivity index (χ0n) is 24.9. The van der Waals surface area contributed by atoms with Crippen molar-refractivity contribution in [3.63, 3.8) is 0 Å². The summed E-state index contributed by atoms with van der Waals surface area (Å²) in [5.74, 6) is -2.47. The summed E-state index contributed by atoms with van der Waals surface area (Å²) in [6, 6.07) is 4.89. The number of rotatable bonds is 8. The molecule has 246 valence electrons. The van der Waals surface area contributed by atoms with Crippen LogP contribution in [0.5, 0.6) is 0 Å². The number of benzene rings is 2.